The summed E-state index contributed by atoms with van der Waals surface area (Å²) in [6, 6.07) is 1.74. The molecule has 0 aromatic carbocycles. The van der Waals surface area contributed by atoms with Crippen LogP contribution in [0.3, 0.4) is 0 Å². The quantitative estimate of drug-likeness (QED) is 0.295. The van der Waals surface area contributed by atoms with Gasteiger partial charge in [0, 0.05) is 29.5 Å². The second kappa shape index (κ2) is 15.2. The minimum atomic E-state index is -2.77. The minimum absolute atomic E-state index is 0.222. The van der Waals surface area contributed by atoms with Crippen LogP contribution in [0.15, 0.2) is 54.7 Å². The van der Waals surface area contributed by atoms with Gasteiger partial charge in [0.15, 0.2) is 0 Å². The Labute approximate surface area is 210 Å². The number of carbonyl (C=O) groups is 4. The lowest BCUT2D eigenvalue weighted by atomic mass is 10.1. The van der Waals surface area contributed by atoms with Gasteiger partial charge in [0.05, 0.1) is 13.2 Å². The monoisotopic (exact) mass is 520 g/mol. The zero-order chi connectivity index (χ0) is 26.4. The Morgan fingerprint density at radius 2 is 1.20 bits per heavy atom. The van der Waals surface area contributed by atoms with Gasteiger partial charge in [-0.1, -0.05) is 38.2 Å². The molecule has 188 valence electrons. The van der Waals surface area contributed by atoms with Crippen LogP contribution in [-0.2, 0) is 40.0 Å². The summed E-state index contributed by atoms with van der Waals surface area (Å²) < 4.78 is 16.6. The van der Waals surface area contributed by atoms with Crippen LogP contribution in [-0.4, -0.2) is 46.3 Å². The van der Waals surface area contributed by atoms with E-state index in [0.29, 0.717) is 19.1 Å². The highest BCUT2D eigenvalue weighted by atomic mass is 32.5. The molecule has 2 aliphatic rings. The van der Waals surface area contributed by atoms with Gasteiger partial charge < -0.3 is 4.52 Å². The van der Waals surface area contributed by atoms with Gasteiger partial charge in [-0.3, -0.25) is 28.2 Å². The molecular formula is C24H29N2O7PS. The molecular weight excluding hydrogens is 491 g/mol. The number of rotatable bonds is 7. The first-order valence-electron chi connectivity index (χ1n) is 10.8. The summed E-state index contributed by atoms with van der Waals surface area (Å²) in [5.74, 6) is -0.384. The lowest BCUT2D eigenvalue weighted by molar-refractivity contribution is -0.131. The predicted molar refractivity (Wildman–Crippen MR) is 136 cm³/mol. The molecule has 0 amide bonds. The molecule has 0 saturated heterocycles. The Morgan fingerprint density at radius 3 is 1.51 bits per heavy atom. The number of hydrogen-bond acceptors (Lipinski definition) is 10. The zero-order valence-electron chi connectivity index (χ0n) is 20.3. The number of aryl methyl sites for hydroxylation is 1. The average Bonchev–Trinajstić information content (AvgIpc) is 2.78. The molecule has 35 heavy (non-hydrogen) atoms. The van der Waals surface area contributed by atoms with Crippen LogP contribution < -0.4 is 4.52 Å². The molecule has 0 spiro atoms. The number of carbonyl (C=O) groups excluding carboxylic acids is 4. The first-order chi connectivity index (χ1) is 16.5. The van der Waals surface area contributed by atoms with Crippen molar-refractivity contribution in [3.8, 4) is 5.88 Å². The van der Waals surface area contributed by atoms with E-state index in [1.807, 2.05) is 34.6 Å². The Hall–Kier alpha value is -2.91. The summed E-state index contributed by atoms with van der Waals surface area (Å²) in [6.45, 7) is 7.78. The van der Waals surface area contributed by atoms with Gasteiger partial charge in [-0.2, -0.15) is 4.98 Å². The SMILES string of the molecule is CCOP(=S)(OCC)Oc1cc(C)nc(C(C)C)n1.O=C1C=CC=CC1=O.O=C1C=CC=CC1=O. The van der Waals surface area contributed by atoms with Crippen molar-refractivity contribution in [2.75, 3.05) is 13.2 Å². The Kier molecular flexibility index (Phi) is 13.0. The van der Waals surface area contributed by atoms with Crippen LogP contribution in [0.5, 0.6) is 5.88 Å². The molecule has 0 N–H and O–H groups in total. The second-order valence-electron chi connectivity index (χ2n) is 7.13. The highest BCUT2D eigenvalue weighted by Gasteiger charge is 2.22. The summed E-state index contributed by atoms with van der Waals surface area (Å²) in [7, 11) is 0. The van der Waals surface area contributed by atoms with Crippen LogP contribution >= 0.6 is 6.72 Å². The van der Waals surface area contributed by atoms with Crippen LogP contribution in [0, 0.1) is 6.92 Å². The second-order valence-corrected chi connectivity index (χ2v) is 10.1. The van der Waals surface area contributed by atoms with Gasteiger partial charge >= 0.3 is 6.72 Å². The van der Waals surface area contributed by atoms with Gasteiger partial charge in [0.25, 0.3) is 0 Å². The summed E-state index contributed by atoms with van der Waals surface area (Å²) in [6.07, 6.45) is 11.2. The zero-order valence-corrected chi connectivity index (χ0v) is 22.0. The largest absolute Gasteiger partial charge is 0.406 e. The van der Waals surface area contributed by atoms with E-state index >= 15 is 0 Å². The summed E-state index contributed by atoms with van der Waals surface area (Å²) in [5.41, 5.74) is 0.836. The highest BCUT2D eigenvalue weighted by Crippen LogP contribution is 2.49. The van der Waals surface area contributed by atoms with Crippen LogP contribution in [0.4, 0.5) is 0 Å². The van der Waals surface area contributed by atoms with E-state index in [0.717, 1.165) is 11.5 Å². The Morgan fingerprint density at radius 1 is 0.800 bits per heavy atom. The van der Waals surface area contributed by atoms with E-state index in [9.17, 15) is 19.2 Å². The molecule has 1 aromatic heterocycles. The number of ketones is 4. The summed E-state index contributed by atoms with van der Waals surface area (Å²) in [4.78, 5) is 49.9. The van der Waals surface area contributed by atoms with Crippen molar-refractivity contribution in [3.63, 3.8) is 0 Å². The number of allylic oxidation sites excluding steroid dienone is 8. The lowest BCUT2D eigenvalue weighted by Gasteiger charge is -2.20. The third-order valence-corrected chi connectivity index (χ3v) is 6.26. The van der Waals surface area contributed by atoms with Gasteiger partial charge in [0.2, 0.25) is 29.0 Å². The third kappa shape index (κ3) is 11.4. The van der Waals surface area contributed by atoms with Crippen molar-refractivity contribution in [1.82, 2.24) is 9.97 Å². The normalized spacial score (nSPS) is 14.5. The van der Waals surface area contributed by atoms with Crippen LogP contribution in [0.25, 0.3) is 0 Å². The number of hydrogen-bond donors (Lipinski definition) is 0. The molecule has 1 aromatic rings. The summed E-state index contributed by atoms with van der Waals surface area (Å²) >= 11 is 5.32. The Bertz CT molecular complexity index is 1010. The molecule has 0 fully saturated rings. The molecule has 1 heterocycles. The first-order valence-corrected chi connectivity index (χ1v) is 13.4. The smallest absolute Gasteiger partial charge is 0.381 e. The third-order valence-electron chi connectivity index (χ3n) is 3.84. The van der Waals surface area contributed by atoms with E-state index in [4.69, 9.17) is 25.4 Å². The minimum Gasteiger partial charge on any atom is -0.406 e. The molecule has 3 rings (SSSR count). The average molecular weight is 521 g/mol. The summed E-state index contributed by atoms with van der Waals surface area (Å²) in [5, 5.41) is 0. The number of nitrogens with zero attached hydrogens (tertiary/aromatic N) is 2. The van der Waals surface area contributed by atoms with E-state index in [2.05, 4.69) is 9.97 Å². The molecule has 0 saturated carbocycles. The molecule has 0 unspecified atom stereocenters. The van der Waals surface area contributed by atoms with Crippen molar-refractivity contribution < 1.29 is 32.7 Å². The lowest BCUT2D eigenvalue weighted by Crippen LogP contribution is -2.08. The fourth-order valence-electron chi connectivity index (χ4n) is 2.29. The van der Waals surface area contributed by atoms with Crippen LogP contribution in [0.2, 0.25) is 0 Å². The first kappa shape index (κ1) is 30.1. The van der Waals surface area contributed by atoms with Gasteiger partial charge in [-0.05, 0) is 45.1 Å². The predicted octanol–water partition coefficient (Wildman–Crippen LogP) is 4.09. The maximum atomic E-state index is 10.3. The van der Waals surface area contributed by atoms with Crippen molar-refractivity contribution in [3.05, 3.63) is 66.2 Å². The van der Waals surface area contributed by atoms with Gasteiger partial charge in [0.1, 0.15) is 5.82 Å². The standard InChI is InChI=1S/C12H21N2O3PS.2C6H4O2/c1-6-15-18(19,16-7-2)17-11-8-10(5)13-12(14-11)9(3)4;2*7-5-3-1-2-4-6(5)8/h8-9H,6-7H2,1-5H3;2*1-4H. The fourth-order valence-corrected chi connectivity index (χ4v) is 4.28. The molecule has 11 heteroatoms. The highest BCUT2D eigenvalue weighted by molar-refractivity contribution is 8.07. The van der Waals surface area contributed by atoms with Crippen LogP contribution in [0.1, 0.15) is 45.1 Å². The molecule has 0 atom stereocenters. The van der Waals surface area contributed by atoms with E-state index in [1.54, 1.807) is 30.4 Å². The number of aromatic nitrogens is 2. The van der Waals surface area contributed by atoms with Crippen molar-refractivity contribution >= 4 is 41.7 Å². The van der Waals surface area contributed by atoms with E-state index < -0.39 is 29.9 Å². The maximum Gasteiger partial charge on any atom is 0.381 e. The van der Waals surface area contributed by atoms with Crippen molar-refractivity contribution in [2.45, 2.75) is 40.5 Å². The van der Waals surface area contributed by atoms with E-state index in [1.165, 1.54) is 24.3 Å². The van der Waals surface area contributed by atoms with E-state index in [-0.39, 0.29) is 5.92 Å². The molecule has 0 aliphatic heterocycles. The Balaban J connectivity index is 0.000000312. The molecule has 0 bridgehead atoms. The molecule has 9 nitrogen and oxygen atoms in total. The van der Waals surface area contributed by atoms with Gasteiger partial charge in [-0.15, -0.1) is 0 Å². The van der Waals surface area contributed by atoms with Crippen molar-refractivity contribution in [1.29, 1.82) is 0 Å². The molecule has 2 aliphatic carbocycles. The van der Waals surface area contributed by atoms with Crippen molar-refractivity contribution in [2.24, 2.45) is 0 Å². The van der Waals surface area contributed by atoms with Gasteiger partial charge in [-0.25, -0.2) is 4.98 Å². The topological polar surface area (TPSA) is 122 Å². The maximum absolute atomic E-state index is 10.3. The molecule has 0 radical (unpaired) electrons. The fraction of sp³-hybridized carbons (Fsp3) is 0.333.